The van der Waals surface area contributed by atoms with E-state index in [1.807, 2.05) is 30.3 Å². The zero-order valence-electron chi connectivity index (χ0n) is 10.9. The molecular weight excluding hydrogens is 420 g/mol. The fraction of sp³-hybridized carbons (Fsp3) is 0.0714. The Balaban J connectivity index is 2.11. The lowest BCUT2D eigenvalue weighted by atomic mass is 10.1. The van der Waals surface area contributed by atoms with Crippen molar-refractivity contribution in [3.05, 3.63) is 38.6 Å². The van der Waals surface area contributed by atoms with Gasteiger partial charge >= 0.3 is 0 Å². The molecule has 108 valence electrons. The summed E-state index contributed by atoms with van der Waals surface area (Å²) in [6.45, 7) is 0. The van der Waals surface area contributed by atoms with Crippen LogP contribution < -0.4 is 10.5 Å². The molecule has 0 spiro atoms. The zero-order chi connectivity index (χ0) is 15.0. The third kappa shape index (κ3) is 2.73. The van der Waals surface area contributed by atoms with Crippen LogP contribution in [0, 0.1) is 0 Å². The van der Waals surface area contributed by atoms with E-state index in [2.05, 4.69) is 37.0 Å². The highest BCUT2D eigenvalue weighted by Crippen LogP contribution is 2.43. The van der Waals surface area contributed by atoms with Gasteiger partial charge in [-0.05, 0) is 55.6 Å². The molecule has 0 aliphatic heterocycles. The van der Waals surface area contributed by atoms with Gasteiger partial charge in [-0.3, -0.25) is 0 Å². The second kappa shape index (κ2) is 5.82. The van der Waals surface area contributed by atoms with Crippen LogP contribution >= 0.6 is 43.2 Å². The van der Waals surface area contributed by atoms with Crippen LogP contribution in [-0.2, 0) is 0 Å². The van der Waals surface area contributed by atoms with Crippen LogP contribution in [0.2, 0.25) is 0 Å². The Kier molecular flexibility index (Phi) is 4.05. The van der Waals surface area contributed by atoms with Crippen molar-refractivity contribution in [1.29, 1.82) is 0 Å². The third-order valence-corrected chi connectivity index (χ3v) is 6.22. The molecular formula is C14H10Br2N2O2S. The number of benzene rings is 1. The highest BCUT2D eigenvalue weighted by Gasteiger charge is 2.20. The number of ether oxygens (including phenoxy) is 1. The van der Waals surface area contributed by atoms with E-state index in [-0.39, 0.29) is 0 Å². The summed E-state index contributed by atoms with van der Waals surface area (Å²) in [6.07, 6.45) is 0. The summed E-state index contributed by atoms with van der Waals surface area (Å²) in [4.78, 5) is 0.948. The van der Waals surface area contributed by atoms with Gasteiger partial charge in [0.25, 0.3) is 0 Å². The third-order valence-electron chi connectivity index (χ3n) is 2.97. The largest absolute Gasteiger partial charge is 0.497 e. The number of methoxy groups -OCH3 is 1. The first-order valence-electron chi connectivity index (χ1n) is 5.95. The number of hydrogen-bond acceptors (Lipinski definition) is 5. The van der Waals surface area contributed by atoms with Gasteiger partial charge in [-0.1, -0.05) is 17.3 Å². The molecule has 0 aliphatic carbocycles. The Morgan fingerprint density at radius 1 is 1.24 bits per heavy atom. The van der Waals surface area contributed by atoms with Gasteiger partial charge in [0.05, 0.1) is 21.3 Å². The molecule has 0 saturated carbocycles. The van der Waals surface area contributed by atoms with E-state index in [1.54, 1.807) is 18.4 Å². The van der Waals surface area contributed by atoms with Crippen LogP contribution in [0.5, 0.6) is 5.75 Å². The monoisotopic (exact) mass is 428 g/mol. The van der Waals surface area contributed by atoms with Crippen molar-refractivity contribution in [1.82, 2.24) is 5.16 Å². The number of nitrogens with two attached hydrogens (primary N) is 1. The van der Waals surface area contributed by atoms with Crippen LogP contribution in [0.1, 0.15) is 0 Å². The first-order chi connectivity index (χ1) is 10.1. The number of anilines is 1. The average Bonchev–Trinajstić information content (AvgIpc) is 3.02. The topological polar surface area (TPSA) is 61.3 Å². The van der Waals surface area contributed by atoms with Gasteiger partial charge in [-0.15, -0.1) is 11.3 Å². The van der Waals surface area contributed by atoms with E-state index in [0.717, 1.165) is 30.0 Å². The van der Waals surface area contributed by atoms with Crippen molar-refractivity contribution in [2.45, 2.75) is 0 Å². The molecule has 7 heteroatoms. The molecule has 21 heavy (non-hydrogen) atoms. The molecule has 0 atom stereocenters. The predicted octanol–water partition coefficient (Wildman–Crippen LogP) is 5.19. The Morgan fingerprint density at radius 2 is 1.95 bits per heavy atom. The molecule has 3 aromatic rings. The van der Waals surface area contributed by atoms with Crippen LogP contribution in [0.25, 0.3) is 21.8 Å². The smallest absolute Gasteiger partial charge is 0.186 e. The van der Waals surface area contributed by atoms with Crippen molar-refractivity contribution in [3.63, 3.8) is 0 Å². The number of hydrogen-bond donors (Lipinski definition) is 1. The Hall–Kier alpha value is -1.31. The molecule has 0 radical (unpaired) electrons. The quantitative estimate of drug-likeness (QED) is 0.622. The second-order valence-electron chi connectivity index (χ2n) is 4.23. The molecule has 0 saturated heterocycles. The van der Waals surface area contributed by atoms with E-state index >= 15 is 0 Å². The van der Waals surface area contributed by atoms with E-state index in [9.17, 15) is 0 Å². The predicted molar refractivity (Wildman–Crippen MR) is 91.6 cm³/mol. The van der Waals surface area contributed by atoms with Gasteiger partial charge in [0.2, 0.25) is 0 Å². The normalized spacial score (nSPS) is 10.8. The highest BCUT2D eigenvalue weighted by atomic mass is 79.9. The van der Waals surface area contributed by atoms with Gasteiger partial charge in [0, 0.05) is 4.47 Å². The van der Waals surface area contributed by atoms with Gasteiger partial charge in [-0.2, -0.15) is 0 Å². The van der Waals surface area contributed by atoms with Crippen molar-refractivity contribution < 1.29 is 9.26 Å². The Morgan fingerprint density at radius 3 is 2.52 bits per heavy atom. The summed E-state index contributed by atoms with van der Waals surface area (Å²) < 4.78 is 12.6. The van der Waals surface area contributed by atoms with E-state index in [4.69, 9.17) is 15.0 Å². The Labute approximate surface area is 142 Å². The van der Waals surface area contributed by atoms with Gasteiger partial charge < -0.3 is 15.0 Å². The molecule has 2 aromatic heterocycles. The van der Waals surface area contributed by atoms with Crippen molar-refractivity contribution >= 4 is 49.0 Å². The van der Waals surface area contributed by atoms with Gasteiger partial charge in [0.15, 0.2) is 11.6 Å². The Bertz CT molecular complexity index is 761. The highest BCUT2D eigenvalue weighted by molar-refractivity contribution is 9.13. The number of thiophene rings is 1. The minimum atomic E-state index is 0.371. The minimum absolute atomic E-state index is 0.371. The lowest BCUT2D eigenvalue weighted by molar-refractivity contribution is 0.415. The summed E-state index contributed by atoms with van der Waals surface area (Å²) in [7, 11) is 1.63. The second-order valence-corrected chi connectivity index (χ2v) is 7.46. The summed E-state index contributed by atoms with van der Waals surface area (Å²) in [5, 5.41) is 3.90. The summed E-state index contributed by atoms with van der Waals surface area (Å²) in [5.41, 5.74) is 7.70. The maximum atomic E-state index is 5.97. The fourth-order valence-electron chi connectivity index (χ4n) is 1.97. The van der Waals surface area contributed by atoms with Crippen LogP contribution in [0.3, 0.4) is 0 Å². The van der Waals surface area contributed by atoms with Gasteiger partial charge in [-0.25, -0.2) is 0 Å². The number of rotatable bonds is 3. The molecule has 0 unspecified atom stereocenters. The molecule has 1 aromatic carbocycles. The first-order valence-corrected chi connectivity index (χ1v) is 8.35. The number of nitrogens with zero attached hydrogens (tertiary/aromatic N) is 1. The van der Waals surface area contributed by atoms with Crippen LogP contribution in [0.15, 0.2) is 43.1 Å². The molecule has 0 aliphatic rings. The number of nitrogen functional groups attached to an aromatic ring is 1. The molecule has 4 nitrogen and oxygen atoms in total. The first kappa shape index (κ1) is 14.6. The maximum Gasteiger partial charge on any atom is 0.186 e. The lowest BCUT2D eigenvalue weighted by Gasteiger charge is -2.03. The van der Waals surface area contributed by atoms with E-state index in [0.29, 0.717) is 11.6 Å². The lowest BCUT2D eigenvalue weighted by Crippen LogP contribution is -1.89. The molecule has 2 N–H and O–H groups in total. The summed E-state index contributed by atoms with van der Waals surface area (Å²) in [5.74, 6) is 1.82. The van der Waals surface area contributed by atoms with Crippen molar-refractivity contribution in [2.24, 2.45) is 0 Å². The SMILES string of the molecule is COc1ccc(-c2c(N)noc2-c2cc(Br)c(Br)s2)cc1. The molecule has 0 amide bonds. The van der Waals surface area contributed by atoms with Crippen molar-refractivity contribution in [3.8, 4) is 27.5 Å². The molecule has 0 fully saturated rings. The minimum Gasteiger partial charge on any atom is -0.497 e. The van der Waals surface area contributed by atoms with Gasteiger partial charge in [0.1, 0.15) is 5.75 Å². The molecule has 2 heterocycles. The fourth-order valence-corrected chi connectivity index (χ4v) is 3.98. The van der Waals surface area contributed by atoms with E-state index < -0.39 is 0 Å². The summed E-state index contributed by atoms with van der Waals surface area (Å²) >= 11 is 8.51. The summed E-state index contributed by atoms with van der Waals surface area (Å²) in [6, 6.07) is 9.60. The average molecular weight is 430 g/mol. The number of aromatic nitrogens is 1. The van der Waals surface area contributed by atoms with Crippen LogP contribution in [-0.4, -0.2) is 12.3 Å². The zero-order valence-corrected chi connectivity index (χ0v) is 14.9. The van der Waals surface area contributed by atoms with Crippen LogP contribution in [0.4, 0.5) is 5.82 Å². The van der Waals surface area contributed by atoms with Crippen molar-refractivity contribution in [2.75, 3.05) is 12.8 Å². The maximum absolute atomic E-state index is 5.97. The standard InChI is InChI=1S/C14H10Br2N2O2S/c1-19-8-4-2-7(3-5-8)11-12(20-18-14(11)17)10-6-9(15)13(16)21-10/h2-6H,1H3,(H2,17,18). The van der Waals surface area contributed by atoms with E-state index in [1.165, 1.54) is 0 Å². The molecule has 0 bridgehead atoms. The molecule has 3 rings (SSSR count). The number of halogens is 2.